The number of nitrogens with two attached hydrogens (primary N) is 1. The number of oxime groups is 1. The van der Waals surface area contributed by atoms with Gasteiger partial charge in [0.15, 0.2) is 5.13 Å². The van der Waals surface area contributed by atoms with Crippen LogP contribution in [0, 0.1) is 0 Å². The molecule has 0 saturated heterocycles. The molecule has 0 amide bonds. The Labute approximate surface area is 72.4 Å². The van der Waals surface area contributed by atoms with Crippen LogP contribution < -0.4 is 5.73 Å². The molecule has 1 rings (SSSR count). The summed E-state index contributed by atoms with van der Waals surface area (Å²) < 4.78 is 0. The van der Waals surface area contributed by atoms with E-state index in [1.54, 1.807) is 5.38 Å². The molecule has 0 radical (unpaired) electrons. The van der Waals surface area contributed by atoms with E-state index in [4.69, 9.17) is 10.9 Å². The minimum atomic E-state index is 0.257. The summed E-state index contributed by atoms with van der Waals surface area (Å²) in [6.07, 6.45) is 0. The van der Waals surface area contributed by atoms with Crippen LogP contribution in [-0.2, 0) is 0 Å². The van der Waals surface area contributed by atoms with Gasteiger partial charge in [0.2, 0.25) is 0 Å². The molecule has 0 unspecified atom stereocenters. The second kappa shape index (κ2) is 3.40. The Bertz CT molecular complexity index is 294. The van der Waals surface area contributed by atoms with Gasteiger partial charge < -0.3 is 10.9 Å². The Morgan fingerprint density at radius 3 is 3.00 bits per heavy atom. The second-order valence-corrected chi connectivity index (χ2v) is 2.80. The smallest absolute Gasteiger partial charge is 0.180 e. The topological polar surface area (TPSA) is 71.5 Å². The average Bonchev–Trinajstić information content (AvgIpc) is 2.39. The molecule has 0 spiro atoms. The first kappa shape index (κ1) is 8.09. The van der Waals surface area contributed by atoms with Gasteiger partial charge in [0, 0.05) is 10.7 Å². The lowest BCUT2D eigenvalue weighted by atomic mass is 10.3. The van der Waals surface area contributed by atoms with E-state index >= 15 is 0 Å². The standard InChI is InChI=1S/C5H5N3OS2/c6-5-7-4(2-11-5)3(1-10)8-9/h1-2,9H,(H2,6,7). The number of aromatic nitrogens is 1. The van der Waals surface area contributed by atoms with Crippen molar-refractivity contribution in [2.45, 2.75) is 0 Å². The number of hydrogen-bond acceptors (Lipinski definition) is 6. The number of rotatable bonds is 2. The molecule has 0 aliphatic heterocycles. The highest BCUT2D eigenvalue weighted by Gasteiger charge is 2.03. The third kappa shape index (κ3) is 1.72. The lowest BCUT2D eigenvalue weighted by molar-refractivity contribution is 0.320. The summed E-state index contributed by atoms with van der Waals surface area (Å²) in [6, 6.07) is 0. The van der Waals surface area contributed by atoms with E-state index in [-0.39, 0.29) is 5.71 Å². The monoisotopic (exact) mass is 187 g/mol. The van der Waals surface area contributed by atoms with Gasteiger partial charge in [0.05, 0.1) is 0 Å². The number of thiocarbonyl (C=S) groups is 1. The third-order valence-corrected chi connectivity index (χ3v) is 1.90. The zero-order valence-corrected chi connectivity index (χ0v) is 7.02. The van der Waals surface area contributed by atoms with Crippen LogP contribution in [0.15, 0.2) is 10.5 Å². The lowest BCUT2D eigenvalue weighted by Gasteiger charge is -1.87. The fourth-order valence-corrected chi connectivity index (χ4v) is 1.27. The Balaban J connectivity index is 3.00. The SMILES string of the molecule is Nc1nc(C(C=S)=NO)cs1. The van der Waals surface area contributed by atoms with Gasteiger partial charge >= 0.3 is 0 Å². The Morgan fingerprint density at radius 1 is 1.91 bits per heavy atom. The minimum Gasteiger partial charge on any atom is -0.410 e. The normalized spacial score (nSPS) is 11.5. The summed E-state index contributed by atoms with van der Waals surface area (Å²) in [5.41, 5.74) is 6.11. The van der Waals surface area contributed by atoms with Crippen molar-refractivity contribution in [1.82, 2.24) is 4.98 Å². The van der Waals surface area contributed by atoms with E-state index in [0.717, 1.165) is 0 Å². The first-order chi connectivity index (χ1) is 5.27. The average molecular weight is 187 g/mol. The Hall–Kier alpha value is -1.01. The van der Waals surface area contributed by atoms with Gasteiger partial charge in [-0.1, -0.05) is 17.4 Å². The molecule has 6 heteroatoms. The van der Waals surface area contributed by atoms with Crippen molar-refractivity contribution in [2.24, 2.45) is 5.16 Å². The molecule has 1 aromatic rings. The Kier molecular flexibility index (Phi) is 2.50. The van der Waals surface area contributed by atoms with Crippen LogP contribution >= 0.6 is 23.6 Å². The van der Waals surface area contributed by atoms with E-state index in [1.807, 2.05) is 0 Å². The molecular weight excluding hydrogens is 182 g/mol. The first-order valence-electron chi connectivity index (χ1n) is 2.66. The van der Waals surface area contributed by atoms with Crippen molar-refractivity contribution >= 4 is 39.8 Å². The van der Waals surface area contributed by atoms with Gasteiger partial charge in [-0.15, -0.1) is 11.3 Å². The van der Waals surface area contributed by atoms with Crippen molar-refractivity contribution in [3.8, 4) is 0 Å². The second-order valence-electron chi connectivity index (χ2n) is 1.67. The Morgan fingerprint density at radius 2 is 2.64 bits per heavy atom. The molecule has 0 fully saturated rings. The lowest BCUT2D eigenvalue weighted by Crippen LogP contribution is -2.01. The minimum absolute atomic E-state index is 0.257. The van der Waals surface area contributed by atoms with Crippen LogP contribution in [0.3, 0.4) is 0 Å². The maximum Gasteiger partial charge on any atom is 0.180 e. The maximum atomic E-state index is 8.40. The highest BCUT2D eigenvalue weighted by molar-refractivity contribution is 7.80. The van der Waals surface area contributed by atoms with Crippen molar-refractivity contribution in [3.63, 3.8) is 0 Å². The van der Waals surface area contributed by atoms with E-state index in [9.17, 15) is 0 Å². The van der Waals surface area contributed by atoms with Crippen LogP contribution in [0.1, 0.15) is 5.69 Å². The van der Waals surface area contributed by atoms with Gasteiger partial charge in [-0.2, -0.15) is 0 Å². The molecule has 3 N–H and O–H groups in total. The predicted octanol–water partition coefficient (Wildman–Crippen LogP) is 0.903. The van der Waals surface area contributed by atoms with E-state index in [0.29, 0.717) is 10.8 Å². The van der Waals surface area contributed by atoms with Crippen molar-refractivity contribution in [2.75, 3.05) is 5.73 Å². The van der Waals surface area contributed by atoms with Gasteiger partial charge in [0.25, 0.3) is 0 Å². The van der Waals surface area contributed by atoms with Gasteiger partial charge in [-0.3, -0.25) is 0 Å². The highest BCUT2D eigenvalue weighted by Crippen LogP contribution is 2.11. The number of nitrogens with zero attached hydrogens (tertiary/aromatic N) is 2. The summed E-state index contributed by atoms with van der Waals surface area (Å²) >= 11 is 5.84. The van der Waals surface area contributed by atoms with Crippen LogP contribution in [0.2, 0.25) is 0 Å². The molecule has 0 aromatic carbocycles. The molecule has 1 heterocycles. The maximum absolute atomic E-state index is 8.40. The molecule has 4 nitrogen and oxygen atoms in total. The molecule has 0 atom stereocenters. The molecule has 0 saturated carbocycles. The summed E-state index contributed by atoms with van der Waals surface area (Å²) in [6.45, 7) is 0. The zero-order valence-electron chi connectivity index (χ0n) is 5.39. The molecule has 11 heavy (non-hydrogen) atoms. The van der Waals surface area contributed by atoms with Crippen LogP contribution in [0.25, 0.3) is 0 Å². The van der Waals surface area contributed by atoms with Crippen LogP contribution in [0.5, 0.6) is 0 Å². The number of anilines is 1. The summed E-state index contributed by atoms with van der Waals surface area (Å²) in [4.78, 5) is 3.86. The van der Waals surface area contributed by atoms with Crippen molar-refractivity contribution in [3.05, 3.63) is 11.1 Å². The molecule has 1 aromatic heterocycles. The molecule has 58 valence electrons. The summed E-state index contributed by atoms with van der Waals surface area (Å²) in [5.74, 6) is 0. The van der Waals surface area contributed by atoms with Crippen molar-refractivity contribution in [1.29, 1.82) is 0 Å². The molecule has 0 bridgehead atoms. The van der Waals surface area contributed by atoms with Gasteiger partial charge in [0.1, 0.15) is 11.4 Å². The summed E-state index contributed by atoms with van der Waals surface area (Å²) in [5, 5.41) is 14.7. The fourth-order valence-electron chi connectivity index (χ4n) is 0.540. The van der Waals surface area contributed by atoms with Gasteiger partial charge in [-0.05, 0) is 0 Å². The first-order valence-corrected chi connectivity index (χ1v) is 4.01. The van der Waals surface area contributed by atoms with Gasteiger partial charge in [-0.25, -0.2) is 4.98 Å². The zero-order chi connectivity index (χ0) is 8.27. The quantitative estimate of drug-likeness (QED) is 0.312. The third-order valence-electron chi connectivity index (χ3n) is 1.00. The summed E-state index contributed by atoms with van der Waals surface area (Å²) in [7, 11) is 0. The van der Waals surface area contributed by atoms with Crippen molar-refractivity contribution < 1.29 is 5.21 Å². The predicted molar refractivity (Wildman–Crippen MR) is 48.5 cm³/mol. The van der Waals surface area contributed by atoms with E-state index in [1.165, 1.54) is 16.7 Å². The van der Waals surface area contributed by atoms with E-state index < -0.39 is 0 Å². The van der Waals surface area contributed by atoms with E-state index in [2.05, 4.69) is 22.4 Å². The molecular formula is C5H5N3OS2. The molecule has 0 aliphatic carbocycles. The molecule has 0 aliphatic rings. The van der Waals surface area contributed by atoms with Crippen LogP contribution in [0.4, 0.5) is 5.13 Å². The number of nitrogen functional groups attached to an aromatic ring is 1. The number of thiazole rings is 1. The van der Waals surface area contributed by atoms with Crippen LogP contribution in [-0.4, -0.2) is 21.3 Å². The largest absolute Gasteiger partial charge is 0.410 e. The fraction of sp³-hybridized carbons (Fsp3) is 0. The highest BCUT2D eigenvalue weighted by atomic mass is 32.1. The number of hydrogen-bond donors (Lipinski definition) is 2.